The van der Waals surface area contributed by atoms with Crippen LogP contribution in [0, 0.1) is 0 Å². The Labute approximate surface area is 160 Å². The Hall–Kier alpha value is -1.44. The fourth-order valence-electron chi connectivity index (χ4n) is 2.82. The summed E-state index contributed by atoms with van der Waals surface area (Å²) in [4.78, 5) is 14.2. The van der Waals surface area contributed by atoms with Crippen molar-refractivity contribution >= 4 is 49.1 Å². The normalized spacial score (nSPS) is 22.3. The lowest BCUT2D eigenvalue weighted by atomic mass is 10.0. The quantitative estimate of drug-likeness (QED) is 0.734. The predicted octanol–water partition coefficient (Wildman–Crippen LogP) is 3.88. The van der Waals surface area contributed by atoms with Crippen molar-refractivity contribution in [3.05, 3.63) is 51.8 Å². The van der Waals surface area contributed by atoms with Crippen molar-refractivity contribution < 1.29 is 13.2 Å². The van der Waals surface area contributed by atoms with Gasteiger partial charge in [-0.15, -0.1) is 11.3 Å². The van der Waals surface area contributed by atoms with Gasteiger partial charge in [-0.2, -0.15) is 0 Å². The summed E-state index contributed by atoms with van der Waals surface area (Å²) in [6.45, 7) is 1.78. The van der Waals surface area contributed by atoms with Gasteiger partial charge in [0.05, 0.1) is 17.0 Å². The molecule has 0 aliphatic carbocycles. The number of halogens is 1. The predicted molar refractivity (Wildman–Crippen MR) is 106 cm³/mol. The van der Waals surface area contributed by atoms with Crippen LogP contribution in [0.5, 0.6) is 0 Å². The van der Waals surface area contributed by atoms with Crippen LogP contribution in [0.3, 0.4) is 0 Å². The molecule has 3 rings (SSSR count). The summed E-state index contributed by atoms with van der Waals surface area (Å²) in [6.07, 6.45) is 3.68. The molecule has 0 bridgehead atoms. The number of amides is 1. The van der Waals surface area contributed by atoms with E-state index in [0.29, 0.717) is 6.42 Å². The van der Waals surface area contributed by atoms with E-state index in [1.807, 2.05) is 36.4 Å². The van der Waals surface area contributed by atoms with Gasteiger partial charge < -0.3 is 5.32 Å². The van der Waals surface area contributed by atoms with Gasteiger partial charge in [-0.3, -0.25) is 4.79 Å². The van der Waals surface area contributed by atoms with Crippen molar-refractivity contribution in [2.75, 3.05) is 11.5 Å². The highest BCUT2D eigenvalue weighted by atomic mass is 79.9. The minimum atomic E-state index is -3.04. The molecule has 1 fully saturated rings. The number of hydrogen-bond acceptors (Lipinski definition) is 4. The largest absolute Gasteiger partial charge is 0.346 e. The first kappa shape index (κ1) is 18.4. The SMILES string of the molecule is CC1(NC(=O)/C=C/c2ccc(-c3ccc(Br)cc3)s2)CCS(=O)(=O)C1. The molecule has 7 heteroatoms. The summed E-state index contributed by atoms with van der Waals surface area (Å²) in [5.74, 6) is -0.125. The summed E-state index contributed by atoms with van der Waals surface area (Å²) < 4.78 is 24.2. The Bertz CT molecular complexity index is 916. The van der Waals surface area contributed by atoms with Gasteiger partial charge in [0.2, 0.25) is 5.91 Å². The zero-order valence-corrected chi connectivity index (χ0v) is 16.9. The number of carbonyl (C=O) groups is 1. The van der Waals surface area contributed by atoms with Crippen molar-refractivity contribution in [2.45, 2.75) is 18.9 Å². The highest BCUT2D eigenvalue weighted by Crippen LogP contribution is 2.30. The molecule has 1 aromatic heterocycles. The van der Waals surface area contributed by atoms with Crippen LogP contribution in [0.1, 0.15) is 18.2 Å². The fourth-order valence-corrected chi connectivity index (χ4v) is 6.09. The van der Waals surface area contributed by atoms with E-state index in [1.165, 1.54) is 6.08 Å². The van der Waals surface area contributed by atoms with E-state index in [2.05, 4.69) is 21.2 Å². The number of benzene rings is 1. The van der Waals surface area contributed by atoms with E-state index < -0.39 is 15.4 Å². The van der Waals surface area contributed by atoms with Crippen LogP contribution in [-0.4, -0.2) is 31.4 Å². The summed E-state index contributed by atoms with van der Waals surface area (Å²) in [5.41, 5.74) is 0.458. The van der Waals surface area contributed by atoms with Crippen molar-refractivity contribution in [3.8, 4) is 10.4 Å². The molecule has 1 saturated heterocycles. The molecule has 4 nitrogen and oxygen atoms in total. The number of rotatable bonds is 4. The molecule has 0 spiro atoms. The number of thiophene rings is 1. The second kappa shape index (κ2) is 7.05. The standard InChI is InChI=1S/C18H18BrNO3S2/c1-18(10-11-25(22,23)12-18)20-17(21)9-7-15-6-8-16(24-15)13-2-4-14(19)5-3-13/h2-9H,10-12H2,1H3,(H,20,21)/b9-7+. The minimum Gasteiger partial charge on any atom is -0.346 e. The molecule has 0 radical (unpaired) electrons. The van der Waals surface area contributed by atoms with Gasteiger partial charge >= 0.3 is 0 Å². The average molecular weight is 440 g/mol. The maximum absolute atomic E-state index is 12.1. The molecule has 1 aliphatic heterocycles. The van der Waals surface area contributed by atoms with Crippen LogP contribution in [0.25, 0.3) is 16.5 Å². The second-order valence-electron chi connectivity index (χ2n) is 6.43. The molecule has 0 saturated carbocycles. The lowest BCUT2D eigenvalue weighted by molar-refractivity contribution is -0.117. The highest BCUT2D eigenvalue weighted by Gasteiger charge is 2.39. The van der Waals surface area contributed by atoms with E-state index in [4.69, 9.17) is 0 Å². The zero-order valence-electron chi connectivity index (χ0n) is 13.7. The molecule has 132 valence electrons. The van der Waals surface area contributed by atoms with E-state index in [0.717, 1.165) is 19.8 Å². The molecule has 25 heavy (non-hydrogen) atoms. The van der Waals surface area contributed by atoms with Crippen molar-refractivity contribution in [2.24, 2.45) is 0 Å². The summed E-state index contributed by atoms with van der Waals surface area (Å²) in [6, 6.07) is 12.1. The van der Waals surface area contributed by atoms with Crippen LogP contribution in [0.4, 0.5) is 0 Å². The van der Waals surface area contributed by atoms with Gasteiger partial charge in [-0.1, -0.05) is 28.1 Å². The first-order chi connectivity index (χ1) is 11.7. The van der Waals surface area contributed by atoms with Crippen molar-refractivity contribution in [1.82, 2.24) is 5.32 Å². The maximum Gasteiger partial charge on any atom is 0.244 e. The molecular formula is C18H18BrNO3S2. The zero-order chi connectivity index (χ0) is 18.1. The summed E-state index contributed by atoms with van der Waals surface area (Å²) in [7, 11) is -3.04. The van der Waals surface area contributed by atoms with Crippen LogP contribution in [0.2, 0.25) is 0 Å². The highest BCUT2D eigenvalue weighted by molar-refractivity contribution is 9.10. The molecule has 1 amide bonds. The first-order valence-corrected chi connectivity index (χ1v) is 11.2. The molecular weight excluding hydrogens is 422 g/mol. The Morgan fingerprint density at radius 3 is 2.60 bits per heavy atom. The average Bonchev–Trinajstić information content (AvgIpc) is 3.10. The molecule has 2 heterocycles. The smallest absolute Gasteiger partial charge is 0.244 e. The van der Waals surface area contributed by atoms with Crippen LogP contribution >= 0.6 is 27.3 Å². The van der Waals surface area contributed by atoms with E-state index in [-0.39, 0.29) is 17.4 Å². The first-order valence-electron chi connectivity index (χ1n) is 7.81. The second-order valence-corrected chi connectivity index (χ2v) is 10.6. The number of hydrogen-bond donors (Lipinski definition) is 1. The van der Waals surface area contributed by atoms with Gasteiger partial charge in [0.1, 0.15) is 0 Å². The summed E-state index contributed by atoms with van der Waals surface area (Å²) >= 11 is 5.02. The van der Waals surface area contributed by atoms with Gasteiger partial charge in [-0.25, -0.2) is 8.42 Å². The molecule has 2 aromatic rings. The Balaban J connectivity index is 1.64. The van der Waals surface area contributed by atoms with E-state index in [1.54, 1.807) is 24.3 Å². The van der Waals surface area contributed by atoms with Crippen molar-refractivity contribution in [1.29, 1.82) is 0 Å². The molecule has 1 aliphatic rings. The topological polar surface area (TPSA) is 63.2 Å². The van der Waals surface area contributed by atoms with E-state index in [9.17, 15) is 13.2 Å². The lowest BCUT2D eigenvalue weighted by Crippen LogP contribution is -2.46. The van der Waals surface area contributed by atoms with Crippen LogP contribution < -0.4 is 5.32 Å². The third-order valence-corrected chi connectivity index (χ3v) is 7.61. The van der Waals surface area contributed by atoms with E-state index >= 15 is 0 Å². The van der Waals surface area contributed by atoms with Gasteiger partial charge in [0.15, 0.2) is 9.84 Å². The number of sulfone groups is 1. The van der Waals surface area contributed by atoms with Crippen LogP contribution in [-0.2, 0) is 14.6 Å². The van der Waals surface area contributed by atoms with Gasteiger partial charge in [0.25, 0.3) is 0 Å². The number of nitrogens with one attached hydrogen (secondary N) is 1. The molecule has 1 atom stereocenters. The molecule has 1 N–H and O–H groups in total. The third-order valence-electron chi connectivity index (χ3n) is 4.08. The molecule has 1 unspecified atom stereocenters. The third kappa shape index (κ3) is 4.80. The Kier molecular flexibility index (Phi) is 5.18. The Morgan fingerprint density at radius 2 is 1.96 bits per heavy atom. The van der Waals surface area contributed by atoms with Gasteiger partial charge in [-0.05, 0) is 49.2 Å². The monoisotopic (exact) mass is 439 g/mol. The Morgan fingerprint density at radius 1 is 1.24 bits per heavy atom. The summed E-state index contributed by atoms with van der Waals surface area (Å²) in [5, 5.41) is 2.82. The van der Waals surface area contributed by atoms with Gasteiger partial charge in [0, 0.05) is 20.3 Å². The minimum absolute atomic E-state index is 0.00625. The fraction of sp³-hybridized carbons (Fsp3) is 0.278. The van der Waals surface area contributed by atoms with Crippen LogP contribution in [0.15, 0.2) is 46.9 Å². The molecule has 1 aromatic carbocycles. The maximum atomic E-state index is 12.1. The lowest BCUT2D eigenvalue weighted by Gasteiger charge is -2.22. The van der Waals surface area contributed by atoms with Crippen molar-refractivity contribution in [3.63, 3.8) is 0 Å². The number of carbonyl (C=O) groups excluding carboxylic acids is 1.